The molecule has 3 aliphatic rings. The molecule has 0 unspecified atom stereocenters. The summed E-state index contributed by atoms with van der Waals surface area (Å²) in [4.78, 5) is 11.5. The Morgan fingerprint density at radius 1 is 1.33 bits per heavy atom. The van der Waals surface area contributed by atoms with Crippen molar-refractivity contribution in [3.63, 3.8) is 0 Å². The minimum atomic E-state index is -4.69. The zero-order valence-electron chi connectivity index (χ0n) is 18.4. The highest BCUT2D eigenvalue weighted by molar-refractivity contribution is 6.05. The number of cyclic esters (lactones) is 1. The molecule has 2 heterocycles. The summed E-state index contributed by atoms with van der Waals surface area (Å²) in [6.45, 7) is -1.93. The number of nitrogens with one attached hydrogen (secondary N) is 1. The molecule has 0 radical (unpaired) electrons. The monoisotopic (exact) mass is 386 g/mol. The normalized spacial score (nSPS) is 30.8. The van der Waals surface area contributed by atoms with Crippen molar-refractivity contribution in [1.82, 2.24) is 5.43 Å². The number of hydrogen-bond donors (Lipinski definition) is 1. The molecular formula is C19H21F3N2O3. The van der Waals surface area contributed by atoms with E-state index in [0.29, 0.717) is 26.1 Å². The molecule has 0 aromatic heterocycles. The molecule has 1 N–H and O–H groups in total. The summed E-state index contributed by atoms with van der Waals surface area (Å²) < 4.78 is 82.6. The van der Waals surface area contributed by atoms with Crippen LogP contribution in [0.5, 0.6) is 0 Å². The van der Waals surface area contributed by atoms with Gasteiger partial charge in [-0.25, -0.2) is 10.2 Å². The first kappa shape index (κ1) is 14.0. The van der Waals surface area contributed by atoms with Crippen LogP contribution < -0.4 is 5.43 Å². The van der Waals surface area contributed by atoms with E-state index < -0.39 is 36.5 Å². The number of amides is 1. The van der Waals surface area contributed by atoms with Crippen LogP contribution in [0.4, 0.5) is 18.0 Å². The van der Waals surface area contributed by atoms with Gasteiger partial charge in [0.2, 0.25) is 0 Å². The zero-order valence-corrected chi connectivity index (χ0v) is 14.4. The van der Waals surface area contributed by atoms with Crippen LogP contribution in [-0.2, 0) is 15.7 Å². The van der Waals surface area contributed by atoms with Crippen molar-refractivity contribution in [3.05, 3.63) is 34.9 Å². The van der Waals surface area contributed by atoms with Gasteiger partial charge in [0.05, 0.1) is 6.93 Å². The van der Waals surface area contributed by atoms with Gasteiger partial charge in [0, 0.05) is 22.9 Å². The van der Waals surface area contributed by atoms with E-state index in [4.69, 9.17) is 10.2 Å². The van der Waals surface area contributed by atoms with Crippen LogP contribution in [-0.4, -0.2) is 31.1 Å². The maximum atomic E-state index is 13.9. The highest BCUT2D eigenvalue weighted by atomic mass is 19.4. The standard InChI is InChI=1S/C19H21F3N2O3/c1-11-16(23-24-17(25)27-11)12-2-3-14(15(8-12)19(20,21)22)13-9-18(10-13)4-6-26-7-5-18/h2-3,8,11,13H,4-7,9-10H2,1H3,(H,24,25)/t11-/m0/s1/i1D3,11D. The van der Waals surface area contributed by atoms with Crippen LogP contribution >= 0.6 is 0 Å². The maximum absolute atomic E-state index is 13.9. The number of carbonyl (C=O) groups excluding carboxylic acids is 1. The molecule has 1 saturated heterocycles. The second kappa shape index (κ2) is 6.51. The Morgan fingerprint density at radius 3 is 2.74 bits per heavy atom. The minimum absolute atomic E-state index is 0.0215. The van der Waals surface area contributed by atoms with Gasteiger partial charge >= 0.3 is 12.3 Å². The number of benzene rings is 1. The molecule has 1 atom stereocenters. The van der Waals surface area contributed by atoms with E-state index in [9.17, 15) is 18.0 Å². The predicted octanol–water partition coefficient (Wildman–Crippen LogP) is 4.21. The number of ether oxygens (including phenoxy) is 2. The van der Waals surface area contributed by atoms with Crippen LogP contribution in [0.2, 0.25) is 0 Å². The number of rotatable bonds is 2. The lowest BCUT2D eigenvalue weighted by atomic mass is 9.56. The Bertz CT molecular complexity index is 921. The topological polar surface area (TPSA) is 59.9 Å². The average molecular weight is 386 g/mol. The van der Waals surface area contributed by atoms with E-state index in [-0.39, 0.29) is 22.5 Å². The van der Waals surface area contributed by atoms with Gasteiger partial charge in [-0.05, 0) is 55.5 Å². The predicted molar refractivity (Wildman–Crippen MR) is 91.5 cm³/mol. The first-order valence-corrected chi connectivity index (χ1v) is 8.71. The maximum Gasteiger partial charge on any atom is 0.428 e. The van der Waals surface area contributed by atoms with Crippen molar-refractivity contribution in [3.8, 4) is 0 Å². The van der Waals surface area contributed by atoms with Crippen molar-refractivity contribution in [2.75, 3.05) is 13.2 Å². The molecule has 0 bridgehead atoms. The lowest BCUT2D eigenvalue weighted by Crippen LogP contribution is -2.41. The third-order valence-electron chi connectivity index (χ3n) is 5.65. The molecular weight excluding hydrogens is 361 g/mol. The van der Waals surface area contributed by atoms with Gasteiger partial charge in [-0.15, -0.1) is 0 Å². The van der Waals surface area contributed by atoms with Gasteiger partial charge in [0.15, 0.2) is 0 Å². The summed E-state index contributed by atoms with van der Waals surface area (Å²) in [5, 5.41) is 3.56. The van der Waals surface area contributed by atoms with Crippen molar-refractivity contribution in [2.24, 2.45) is 10.5 Å². The van der Waals surface area contributed by atoms with Crippen molar-refractivity contribution in [2.45, 2.75) is 50.7 Å². The molecule has 2 fully saturated rings. The van der Waals surface area contributed by atoms with Crippen LogP contribution in [0, 0.1) is 5.41 Å². The van der Waals surface area contributed by atoms with E-state index in [0.717, 1.165) is 18.9 Å². The van der Waals surface area contributed by atoms with Gasteiger partial charge in [-0.1, -0.05) is 12.1 Å². The first-order chi connectivity index (χ1) is 14.3. The fourth-order valence-corrected chi connectivity index (χ4v) is 4.24. The average Bonchev–Trinajstić information content (AvgIpc) is 2.65. The second-order valence-electron chi connectivity index (χ2n) is 7.31. The lowest BCUT2D eigenvalue weighted by molar-refractivity contribution is -0.139. The Balaban J connectivity index is 1.70. The molecule has 146 valence electrons. The Hall–Kier alpha value is -2.09. The van der Waals surface area contributed by atoms with Crippen molar-refractivity contribution >= 4 is 11.8 Å². The van der Waals surface area contributed by atoms with Gasteiger partial charge in [0.1, 0.15) is 11.8 Å². The Labute approximate surface area is 160 Å². The number of carbonyl (C=O) groups is 1. The third kappa shape index (κ3) is 3.42. The van der Waals surface area contributed by atoms with E-state index in [2.05, 4.69) is 9.84 Å². The molecule has 1 aliphatic carbocycles. The van der Waals surface area contributed by atoms with Crippen LogP contribution in [0.25, 0.3) is 0 Å². The first-order valence-electron chi connectivity index (χ1n) is 10.7. The molecule has 1 saturated carbocycles. The van der Waals surface area contributed by atoms with Gasteiger partial charge < -0.3 is 9.47 Å². The van der Waals surface area contributed by atoms with E-state index in [1.54, 1.807) is 0 Å². The molecule has 1 spiro atoms. The summed E-state index contributed by atoms with van der Waals surface area (Å²) in [5.74, 6) is -0.267. The van der Waals surface area contributed by atoms with Crippen molar-refractivity contribution < 1.29 is 32.9 Å². The number of nitrogens with zero attached hydrogens (tertiary/aromatic N) is 1. The Morgan fingerprint density at radius 2 is 2.07 bits per heavy atom. The van der Waals surface area contributed by atoms with E-state index >= 15 is 0 Å². The van der Waals surface area contributed by atoms with Gasteiger partial charge in [-0.3, -0.25) is 0 Å². The summed E-state index contributed by atoms with van der Waals surface area (Å²) in [5.41, 5.74) is 0.279. The zero-order chi connectivity index (χ0) is 22.7. The second-order valence-corrected chi connectivity index (χ2v) is 7.31. The molecule has 27 heavy (non-hydrogen) atoms. The summed E-state index contributed by atoms with van der Waals surface area (Å²) in [6, 6.07) is 3.40. The molecule has 1 aromatic rings. The summed E-state index contributed by atoms with van der Waals surface area (Å²) >= 11 is 0. The van der Waals surface area contributed by atoms with Crippen molar-refractivity contribution in [1.29, 1.82) is 0 Å². The van der Waals surface area contributed by atoms with Crippen LogP contribution in [0.15, 0.2) is 23.3 Å². The highest BCUT2D eigenvalue weighted by Crippen LogP contribution is 2.57. The molecule has 8 heteroatoms. The smallest absolute Gasteiger partial charge is 0.428 e. The highest BCUT2D eigenvalue weighted by Gasteiger charge is 2.48. The largest absolute Gasteiger partial charge is 0.439 e. The molecule has 4 rings (SSSR count). The van der Waals surface area contributed by atoms with E-state index in [1.165, 1.54) is 12.1 Å². The summed E-state index contributed by atoms with van der Waals surface area (Å²) in [6.07, 6.45) is -5.95. The van der Waals surface area contributed by atoms with Crippen LogP contribution in [0.3, 0.4) is 0 Å². The van der Waals surface area contributed by atoms with Crippen LogP contribution in [0.1, 0.15) is 60.6 Å². The number of hydrogen-bond acceptors (Lipinski definition) is 4. The van der Waals surface area contributed by atoms with E-state index in [1.807, 2.05) is 5.43 Å². The Kier molecular flexibility index (Phi) is 3.37. The molecule has 2 aliphatic heterocycles. The fraction of sp³-hybridized carbons (Fsp3) is 0.579. The van der Waals surface area contributed by atoms with Gasteiger partial charge in [-0.2, -0.15) is 18.3 Å². The SMILES string of the molecule is [2H]C([2H])([2H])[C@]1([2H])OC(=O)NN=C1c1ccc(C2CC3(CCOCC3)C2)c(C(F)(F)F)c1. The minimum Gasteiger partial charge on any atom is -0.439 e. The number of halogens is 3. The van der Waals surface area contributed by atoms with Gasteiger partial charge in [0.25, 0.3) is 0 Å². The molecule has 5 nitrogen and oxygen atoms in total. The summed E-state index contributed by atoms with van der Waals surface area (Å²) in [7, 11) is 0. The quantitative estimate of drug-likeness (QED) is 0.828. The molecule has 1 amide bonds. The third-order valence-corrected chi connectivity index (χ3v) is 5.65. The molecule has 1 aromatic carbocycles. The number of hydrazone groups is 1. The lowest BCUT2D eigenvalue weighted by Gasteiger charge is -2.50. The fourth-order valence-electron chi connectivity index (χ4n) is 4.24. The number of alkyl halides is 3.